The van der Waals surface area contributed by atoms with Crippen molar-refractivity contribution in [1.29, 1.82) is 0 Å². The minimum Gasteiger partial charge on any atom is -0.277 e. The highest BCUT2D eigenvalue weighted by Gasteiger charge is 2.10. The fourth-order valence-corrected chi connectivity index (χ4v) is 0.843. The maximum atomic E-state index is 11.0. The highest BCUT2D eigenvalue weighted by molar-refractivity contribution is 5.77. The second-order valence-corrected chi connectivity index (χ2v) is 2.71. The largest absolute Gasteiger partial charge is 0.277 e. The van der Waals surface area contributed by atoms with E-state index in [1.807, 2.05) is 6.92 Å². The van der Waals surface area contributed by atoms with Gasteiger partial charge in [-0.1, -0.05) is 26.7 Å². The van der Waals surface area contributed by atoms with E-state index in [1.165, 1.54) is 7.11 Å². The SMILES string of the molecule is CCCCC(C)C(=O)NOC. The molecule has 66 valence electrons. The predicted octanol–water partition coefficient (Wildman–Crippen LogP) is 1.49. The van der Waals surface area contributed by atoms with Crippen molar-refractivity contribution in [2.75, 3.05) is 7.11 Å². The summed E-state index contributed by atoms with van der Waals surface area (Å²) in [5, 5.41) is 0. The lowest BCUT2D eigenvalue weighted by molar-refractivity contribution is -0.135. The summed E-state index contributed by atoms with van der Waals surface area (Å²) in [6, 6.07) is 0. The van der Waals surface area contributed by atoms with Crippen molar-refractivity contribution in [2.45, 2.75) is 33.1 Å². The minimum atomic E-state index is -0.0269. The van der Waals surface area contributed by atoms with Gasteiger partial charge < -0.3 is 0 Å². The van der Waals surface area contributed by atoms with Crippen molar-refractivity contribution in [3.05, 3.63) is 0 Å². The topological polar surface area (TPSA) is 38.3 Å². The van der Waals surface area contributed by atoms with Gasteiger partial charge in [-0.2, -0.15) is 0 Å². The predicted molar refractivity (Wildman–Crippen MR) is 43.8 cm³/mol. The van der Waals surface area contributed by atoms with Gasteiger partial charge in [-0.05, 0) is 6.42 Å². The lowest BCUT2D eigenvalue weighted by atomic mass is 10.0. The van der Waals surface area contributed by atoms with E-state index in [0.29, 0.717) is 0 Å². The van der Waals surface area contributed by atoms with Crippen molar-refractivity contribution >= 4 is 5.91 Å². The average molecular weight is 159 g/mol. The summed E-state index contributed by atoms with van der Waals surface area (Å²) in [6.45, 7) is 4.02. The molecule has 0 saturated heterocycles. The normalized spacial score (nSPS) is 12.6. The molecule has 0 heterocycles. The van der Waals surface area contributed by atoms with Crippen molar-refractivity contribution in [2.24, 2.45) is 5.92 Å². The van der Waals surface area contributed by atoms with Crippen LogP contribution in [-0.4, -0.2) is 13.0 Å². The Labute approximate surface area is 68.1 Å². The number of hydroxylamine groups is 1. The standard InChI is InChI=1S/C8H17NO2/c1-4-5-6-7(2)8(10)9-11-3/h7H,4-6H2,1-3H3,(H,9,10). The van der Waals surface area contributed by atoms with Crippen LogP contribution in [0, 0.1) is 5.92 Å². The summed E-state index contributed by atoms with van der Waals surface area (Å²) in [7, 11) is 1.45. The van der Waals surface area contributed by atoms with Gasteiger partial charge in [-0.3, -0.25) is 9.63 Å². The van der Waals surface area contributed by atoms with Gasteiger partial charge >= 0.3 is 0 Å². The first-order valence-corrected chi connectivity index (χ1v) is 4.05. The summed E-state index contributed by atoms with van der Waals surface area (Å²) in [5.41, 5.74) is 2.32. The zero-order valence-corrected chi connectivity index (χ0v) is 7.52. The summed E-state index contributed by atoms with van der Waals surface area (Å²) in [6.07, 6.45) is 3.16. The summed E-state index contributed by atoms with van der Waals surface area (Å²) in [5.74, 6) is 0.0378. The van der Waals surface area contributed by atoms with E-state index >= 15 is 0 Å². The first kappa shape index (κ1) is 10.4. The van der Waals surface area contributed by atoms with Gasteiger partial charge in [0, 0.05) is 5.92 Å². The number of nitrogens with one attached hydrogen (secondary N) is 1. The molecule has 1 atom stereocenters. The van der Waals surface area contributed by atoms with Crippen LogP contribution in [0.15, 0.2) is 0 Å². The Balaban J connectivity index is 3.46. The maximum absolute atomic E-state index is 11.0. The number of carbonyl (C=O) groups excluding carboxylic acids is 1. The number of hydrogen-bond acceptors (Lipinski definition) is 2. The van der Waals surface area contributed by atoms with E-state index in [1.54, 1.807) is 0 Å². The van der Waals surface area contributed by atoms with Crippen LogP contribution in [0.25, 0.3) is 0 Å². The molecule has 0 spiro atoms. The van der Waals surface area contributed by atoms with Gasteiger partial charge in [0.15, 0.2) is 0 Å². The Morgan fingerprint density at radius 2 is 2.27 bits per heavy atom. The van der Waals surface area contributed by atoms with Crippen molar-refractivity contribution < 1.29 is 9.63 Å². The third-order valence-corrected chi connectivity index (χ3v) is 1.64. The minimum absolute atomic E-state index is 0.0269. The van der Waals surface area contributed by atoms with Crippen molar-refractivity contribution in [3.8, 4) is 0 Å². The van der Waals surface area contributed by atoms with Crippen LogP contribution in [-0.2, 0) is 9.63 Å². The molecule has 1 unspecified atom stereocenters. The summed E-state index contributed by atoms with van der Waals surface area (Å²) >= 11 is 0. The molecule has 0 saturated carbocycles. The fraction of sp³-hybridized carbons (Fsp3) is 0.875. The Morgan fingerprint density at radius 3 is 2.73 bits per heavy atom. The van der Waals surface area contributed by atoms with Crippen LogP contribution in [0.4, 0.5) is 0 Å². The van der Waals surface area contributed by atoms with E-state index in [4.69, 9.17) is 0 Å². The Bertz CT molecular complexity index is 115. The van der Waals surface area contributed by atoms with E-state index in [2.05, 4.69) is 17.2 Å². The molecular weight excluding hydrogens is 142 g/mol. The second-order valence-electron chi connectivity index (χ2n) is 2.71. The molecule has 0 aromatic heterocycles. The van der Waals surface area contributed by atoms with E-state index in [-0.39, 0.29) is 11.8 Å². The van der Waals surface area contributed by atoms with Crippen molar-refractivity contribution in [3.63, 3.8) is 0 Å². The van der Waals surface area contributed by atoms with Crippen LogP contribution >= 0.6 is 0 Å². The molecule has 11 heavy (non-hydrogen) atoms. The highest BCUT2D eigenvalue weighted by Crippen LogP contribution is 2.06. The molecule has 0 fully saturated rings. The second kappa shape index (κ2) is 6.16. The molecule has 0 radical (unpaired) electrons. The number of amides is 1. The molecule has 0 aliphatic carbocycles. The average Bonchev–Trinajstić information content (AvgIpc) is 2.00. The molecule has 0 bridgehead atoms. The van der Waals surface area contributed by atoms with Crippen molar-refractivity contribution in [1.82, 2.24) is 5.48 Å². The highest BCUT2D eigenvalue weighted by atomic mass is 16.6. The van der Waals surface area contributed by atoms with Gasteiger partial charge in [0.05, 0.1) is 7.11 Å². The zero-order valence-electron chi connectivity index (χ0n) is 7.52. The zero-order chi connectivity index (χ0) is 8.69. The van der Waals surface area contributed by atoms with E-state index < -0.39 is 0 Å². The monoisotopic (exact) mass is 159 g/mol. The van der Waals surface area contributed by atoms with Gasteiger partial charge in [0.1, 0.15) is 0 Å². The lowest BCUT2D eigenvalue weighted by Gasteiger charge is -2.08. The first-order chi connectivity index (χ1) is 5.22. The summed E-state index contributed by atoms with van der Waals surface area (Å²) < 4.78 is 0. The van der Waals surface area contributed by atoms with E-state index in [9.17, 15) is 4.79 Å². The van der Waals surface area contributed by atoms with Crippen LogP contribution < -0.4 is 5.48 Å². The summed E-state index contributed by atoms with van der Waals surface area (Å²) in [4.78, 5) is 15.5. The smallest absolute Gasteiger partial charge is 0.246 e. The lowest BCUT2D eigenvalue weighted by Crippen LogP contribution is -2.27. The van der Waals surface area contributed by atoms with Gasteiger partial charge in [-0.15, -0.1) is 0 Å². The molecular formula is C8H17NO2. The number of carbonyl (C=O) groups is 1. The molecule has 0 aromatic carbocycles. The molecule has 0 aromatic rings. The molecule has 1 N–H and O–H groups in total. The first-order valence-electron chi connectivity index (χ1n) is 4.05. The van der Waals surface area contributed by atoms with Crippen LogP contribution in [0.3, 0.4) is 0 Å². The Morgan fingerprint density at radius 1 is 1.64 bits per heavy atom. The fourth-order valence-electron chi connectivity index (χ4n) is 0.843. The van der Waals surface area contributed by atoms with Gasteiger partial charge in [0.2, 0.25) is 5.91 Å². The van der Waals surface area contributed by atoms with Crippen LogP contribution in [0.5, 0.6) is 0 Å². The van der Waals surface area contributed by atoms with Crippen LogP contribution in [0.1, 0.15) is 33.1 Å². The van der Waals surface area contributed by atoms with Gasteiger partial charge in [0.25, 0.3) is 0 Å². The quantitative estimate of drug-likeness (QED) is 0.617. The molecule has 0 aliphatic heterocycles. The maximum Gasteiger partial charge on any atom is 0.246 e. The number of unbranched alkanes of at least 4 members (excludes halogenated alkanes) is 1. The third-order valence-electron chi connectivity index (χ3n) is 1.64. The molecule has 3 heteroatoms. The van der Waals surface area contributed by atoms with Crippen LogP contribution in [0.2, 0.25) is 0 Å². The molecule has 3 nitrogen and oxygen atoms in total. The molecule has 1 amide bonds. The number of hydrogen-bond donors (Lipinski definition) is 1. The van der Waals surface area contributed by atoms with Gasteiger partial charge in [-0.25, -0.2) is 5.48 Å². The number of rotatable bonds is 5. The van der Waals surface area contributed by atoms with E-state index in [0.717, 1.165) is 19.3 Å². The Hall–Kier alpha value is -0.570. The Kier molecular flexibility index (Phi) is 5.84. The third kappa shape index (κ3) is 4.79. The molecule has 0 aliphatic rings. The molecule has 0 rings (SSSR count).